The summed E-state index contributed by atoms with van der Waals surface area (Å²) in [6.45, 7) is 8.96. The number of anilines is 2. The van der Waals surface area contributed by atoms with Crippen molar-refractivity contribution >= 4 is 68.4 Å². The van der Waals surface area contributed by atoms with Crippen molar-refractivity contribution in [1.82, 2.24) is 10.6 Å². The van der Waals surface area contributed by atoms with Gasteiger partial charge in [-0.25, -0.2) is 9.57 Å². The average Bonchev–Trinajstić information content (AvgIpc) is 3.74. The number of carbonyl (C=O) groups excluding carboxylic acids is 2. The molecule has 5 unspecified atom stereocenters. The monoisotopic (exact) mass is 816 g/mol. The average molecular weight is 817 g/mol. The molecular weight excluding hydrogens is 761 g/mol. The zero-order chi connectivity index (χ0) is 40.6. The lowest BCUT2D eigenvalue weighted by molar-refractivity contribution is -0.551. The van der Waals surface area contributed by atoms with Crippen molar-refractivity contribution in [1.29, 1.82) is 0 Å². The molecule has 5 rings (SSSR count). The molecule has 12 nitrogen and oxygen atoms in total. The van der Waals surface area contributed by atoms with Crippen LogP contribution in [0.15, 0.2) is 97.6 Å². The second-order valence-corrected chi connectivity index (χ2v) is 16.9. The first kappa shape index (κ1) is 43.7. The van der Waals surface area contributed by atoms with Crippen LogP contribution in [0.2, 0.25) is 0 Å². The highest BCUT2D eigenvalue weighted by atomic mass is 33.1. The van der Waals surface area contributed by atoms with E-state index in [1.807, 2.05) is 88.7 Å². The maximum atomic E-state index is 12.9. The summed E-state index contributed by atoms with van der Waals surface area (Å²) >= 11 is 0. The van der Waals surface area contributed by atoms with E-state index in [1.54, 1.807) is 33.7 Å². The van der Waals surface area contributed by atoms with E-state index in [-0.39, 0.29) is 30.9 Å². The number of benzene rings is 2. The topological polar surface area (TPSA) is 163 Å². The predicted octanol–water partition coefficient (Wildman–Crippen LogP) is 1.18. The van der Waals surface area contributed by atoms with E-state index in [1.165, 1.54) is 0 Å². The molecule has 5 atom stereocenters. The number of rotatable bonds is 19. The first-order valence-corrected chi connectivity index (χ1v) is 21.8. The van der Waals surface area contributed by atoms with Gasteiger partial charge in [-0.3, -0.25) is 9.59 Å². The number of aliphatic hydroxyl groups excluding tert-OH is 4. The van der Waals surface area contributed by atoms with Crippen LogP contribution < -0.4 is 25.4 Å². The van der Waals surface area contributed by atoms with E-state index in [9.17, 15) is 30.0 Å². The fraction of sp³-hybridized carbons (Fsp3) is 0.395. The molecule has 57 heavy (non-hydrogen) atoms. The predicted molar refractivity (Wildman–Crippen MR) is 234 cm³/mol. The fourth-order valence-electron chi connectivity index (χ4n) is 6.56. The summed E-state index contributed by atoms with van der Waals surface area (Å²) in [5.41, 5.74) is 5.62. The van der Waals surface area contributed by atoms with Crippen LogP contribution in [0.1, 0.15) is 24.5 Å². The van der Waals surface area contributed by atoms with Gasteiger partial charge in [-0.2, -0.15) is 0 Å². The molecule has 3 aliphatic rings. The molecule has 7 N–H and O–H groups in total. The van der Waals surface area contributed by atoms with Crippen molar-refractivity contribution in [2.75, 3.05) is 73.7 Å². The summed E-state index contributed by atoms with van der Waals surface area (Å²) < 4.78 is 2.12. The number of carbonyl (C=O) groups is 2. The van der Waals surface area contributed by atoms with Crippen molar-refractivity contribution in [3.8, 4) is 0 Å². The molecule has 3 heterocycles. The number of nitrogens with one attached hydrogen (secondary N) is 3. The minimum Gasteiger partial charge on any atom is -0.389 e. The maximum Gasteiger partial charge on any atom is 0.285 e. The molecule has 0 saturated carbocycles. The first-order chi connectivity index (χ1) is 27.6. The molecule has 2 amide bonds. The van der Waals surface area contributed by atoms with Gasteiger partial charge in [0, 0.05) is 92.9 Å². The van der Waals surface area contributed by atoms with Gasteiger partial charge in [-0.1, -0.05) is 70.7 Å². The Labute approximate surface area is 343 Å². The lowest BCUT2D eigenvalue weighted by Crippen LogP contribution is -2.75. The van der Waals surface area contributed by atoms with E-state index in [4.69, 9.17) is 0 Å². The third-order valence-electron chi connectivity index (χ3n) is 9.84. The Morgan fingerprint density at radius 1 is 0.789 bits per heavy atom. The van der Waals surface area contributed by atoms with Crippen LogP contribution in [0.4, 0.5) is 11.4 Å². The summed E-state index contributed by atoms with van der Waals surface area (Å²) in [6, 6.07) is 16.0. The normalized spacial score (nSPS) is 22.8. The van der Waals surface area contributed by atoms with Crippen LogP contribution in [0.5, 0.6) is 0 Å². The Morgan fingerprint density at radius 3 is 1.86 bits per heavy atom. The minimum atomic E-state index is -0.735. The van der Waals surface area contributed by atoms with Crippen molar-refractivity contribution < 1.29 is 39.6 Å². The number of allylic oxidation sites excluding steroid dienone is 6. The van der Waals surface area contributed by atoms with E-state index in [0.29, 0.717) is 39.3 Å². The Kier molecular flexibility index (Phi) is 17.2. The molecule has 0 bridgehead atoms. The molecule has 2 aromatic carbocycles. The van der Waals surface area contributed by atoms with Gasteiger partial charge < -0.3 is 40.9 Å². The lowest BCUT2D eigenvalue weighted by Gasteiger charge is -2.17. The van der Waals surface area contributed by atoms with Gasteiger partial charge in [-0.15, -0.1) is 0 Å². The van der Waals surface area contributed by atoms with Gasteiger partial charge in [-0.05, 0) is 54.5 Å². The summed E-state index contributed by atoms with van der Waals surface area (Å²) in [5.74, 6) is 1.34. The van der Waals surface area contributed by atoms with Crippen LogP contribution in [-0.4, -0.2) is 143 Å². The molecule has 3 aliphatic heterocycles. The Hall–Kier alpha value is -4.44. The molecule has 0 spiro atoms. The Balaban J connectivity index is 0.973. The highest BCUT2D eigenvalue weighted by Crippen LogP contribution is 2.23. The fourth-order valence-corrected chi connectivity index (χ4v) is 8.38. The van der Waals surface area contributed by atoms with Crippen LogP contribution in [0.25, 0.3) is 12.2 Å². The van der Waals surface area contributed by atoms with Crippen molar-refractivity contribution in [2.45, 2.75) is 43.8 Å². The molecule has 14 heteroatoms. The SMILES string of the molecule is C=C/C=C\C(/C=C/c1ccc(N2CC(O)C(O)C2)cc1)=[NH+]CC(=O)NCCSSCCNC(=O)C[N+]1=C(/C=C/c2ccc(N3CC(O)C(O)C3)cc2)C=CCC1C. The molecule has 2 fully saturated rings. The Bertz CT molecular complexity index is 1820. The molecule has 0 aromatic heterocycles. The molecular formula is C43H56N6O6S2+2. The van der Waals surface area contributed by atoms with Gasteiger partial charge >= 0.3 is 0 Å². The highest BCUT2D eigenvalue weighted by Gasteiger charge is 2.30. The van der Waals surface area contributed by atoms with Gasteiger partial charge in [0.15, 0.2) is 17.5 Å². The van der Waals surface area contributed by atoms with E-state index in [2.05, 4.69) is 45.9 Å². The van der Waals surface area contributed by atoms with Crippen molar-refractivity contribution in [3.05, 3.63) is 109 Å². The van der Waals surface area contributed by atoms with Gasteiger partial charge in [0.1, 0.15) is 0 Å². The molecule has 0 radical (unpaired) electrons. The van der Waals surface area contributed by atoms with Crippen LogP contribution in [0.3, 0.4) is 0 Å². The number of aliphatic hydroxyl groups is 4. The molecule has 2 aromatic rings. The number of nitrogens with zero attached hydrogens (tertiary/aromatic N) is 3. The lowest BCUT2D eigenvalue weighted by atomic mass is 10.1. The van der Waals surface area contributed by atoms with Crippen molar-refractivity contribution in [3.63, 3.8) is 0 Å². The number of amides is 2. The van der Waals surface area contributed by atoms with Crippen LogP contribution in [-0.2, 0) is 9.59 Å². The smallest absolute Gasteiger partial charge is 0.285 e. The molecule has 0 aliphatic carbocycles. The zero-order valence-corrected chi connectivity index (χ0v) is 34.1. The van der Waals surface area contributed by atoms with E-state index >= 15 is 0 Å². The third kappa shape index (κ3) is 13.9. The third-order valence-corrected chi connectivity index (χ3v) is 12.3. The van der Waals surface area contributed by atoms with Gasteiger partial charge in [0.25, 0.3) is 11.8 Å². The number of hydrogen-bond acceptors (Lipinski definition) is 10. The summed E-state index contributed by atoms with van der Waals surface area (Å²) in [4.78, 5) is 32.5. The largest absolute Gasteiger partial charge is 0.389 e. The van der Waals surface area contributed by atoms with E-state index < -0.39 is 24.4 Å². The summed E-state index contributed by atoms with van der Waals surface area (Å²) in [6.07, 6.45) is 15.4. The Morgan fingerprint density at radius 2 is 1.32 bits per heavy atom. The standard InChI is InChI=1S/C43H54N6O6S2/c1-3-4-7-34(15-9-32-10-16-35(17-11-32)47-26-38(50)39(51)27-47)46-25-42(54)44-21-23-56-57-24-22-45-43(55)30-49-31(2)6-5-8-37(49)20-14-33-12-18-36(19-13-33)48-28-40(52)41(53)29-48/h3-5,7-20,31,38-41,50-53H,1,6,21-30H2,2H3,(H-,44,45,54,55)/p+2/b7-4-,15-9+,46-34?. The van der Waals surface area contributed by atoms with Crippen LogP contribution in [0, 0.1) is 0 Å². The second kappa shape index (κ2) is 22.5. The quantitative estimate of drug-likeness (QED) is 0.0361. The minimum absolute atomic E-state index is 0.0276. The molecule has 304 valence electrons. The maximum absolute atomic E-state index is 12.9. The number of β-amino-alcohol motifs (C(OH)–C–C–N with tert-alkyl or cyclic N) is 4. The van der Waals surface area contributed by atoms with Crippen LogP contribution >= 0.6 is 21.6 Å². The zero-order valence-electron chi connectivity index (χ0n) is 32.5. The van der Waals surface area contributed by atoms with Crippen molar-refractivity contribution in [2.24, 2.45) is 0 Å². The summed E-state index contributed by atoms with van der Waals surface area (Å²) in [5, 5.41) is 45.4. The second-order valence-electron chi connectivity index (χ2n) is 14.2. The number of hydrogen-bond donors (Lipinski definition) is 7. The molecule has 2 saturated heterocycles. The first-order valence-electron chi connectivity index (χ1n) is 19.4. The van der Waals surface area contributed by atoms with Gasteiger partial charge in [0.2, 0.25) is 13.1 Å². The summed E-state index contributed by atoms with van der Waals surface area (Å²) in [7, 11) is 3.31. The van der Waals surface area contributed by atoms with Gasteiger partial charge in [0.05, 0.1) is 24.4 Å². The highest BCUT2D eigenvalue weighted by molar-refractivity contribution is 8.76. The van der Waals surface area contributed by atoms with E-state index in [0.717, 1.165) is 51.9 Å².